The summed E-state index contributed by atoms with van der Waals surface area (Å²) in [7, 11) is 0. The smallest absolute Gasteiger partial charge is 0.335 e. The lowest BCUT2D eigenvalue weighted by Gasteiger charge is -2.04. The van der Waals surface area contributed by atoms with Crippen LogP contribution in [0.15, 0.2) is 54.6 Å². The molecule has 0 radical (unpaired) electrons. The monoisotopic (exact) mass is 324 g/mol. The van der Waals surface area contributed by atoms with Crippen LogP contribution >= 0.6 is 0 Å². The Morgan fingerprint density at radius 3 is 2.62 bits per heavy atom. The van der Waals surface area contributed by atoms with Crippen LogP contribution in [0.4, 0.5) is 0 Å². The third-order valence-electron chi connectivity index (χ3n) is 3.79. The minimum atomic E-state index is -0.949. The first kappa shape index (κ1) is 17.8. The van der Waals surface area contributed by atoms with E-state index in [4.69, 9.17) is 9.84 Å². The van der Waals surface area contributed by atoms with Gasteiger partial charge in [0.25, 0.3) is 0 Å². The zero-order valence-corrected chi connectivity index (χ0v) is 14.1. The number of hydrogen-bond donors (Lipinski definition) is 1. The molecule has 0 amide bonds. The summed E-state index contributed by atoms with van der Waals surface area (Å²) in [6.45, 7) is 2.62. The minimum Gasteiger partial charge on any atom is -0.490 e. The van der Waals surface area contributed by atoms with Gasteiger partial charge in [0.15, 0.2) is 0 Å². The maximum absolute atomic E-state index is 10.9. The van der Waals surface area contributed by atoms with E-state index in [0.29, 0.717) is 12.4 Å². The normalized spacial score (nSPS) is 10.9. The molecular formula is C21H24O3. The van der Waals surface area contributed by atoms with Crippen LogP contribution in [-0.4, -0.2) is 17.7 Å². The fourth-order valence-electron chi connectivity index (χ4n) is 2.42. The summed E-state index contributed by atoms with van der Waals surface area (Å²) in [4.78, 5) is 10.9. The number of unbranched alkanes of at least 4 members (excludes halogenated alkanes) is 2. The van der Waals surface area contributed by atoms with Gasteiger partial charge in [-0.1, -0.05) is 56.2 Å². The number of benzene rings is 2. The predicted octanol–water partition coefficient (Wildman–Crippen LogP) is 5.21. The zero-order chi connectivity index (χ0) is 17.2. The molecule has 0 heterocycles. The lowest BCUT2D eigenvalue weighted by atomic mass is 10.1. The number of hydrogen-bond acceptors (Lipinski definition) is 2. The Bertz CT molecular complexity index is 672. The lowest BCUT2D eigenvalue weighted by molar-refractivity contribution is 0.0696. The van der Waals surface area contributed by atoms with Crippen LogP contribution in [0.25, 0.3) is 6.08 Å². The molecule has 0 spiro atoms. The number of ether oxygens (including phenoxy) is 1. The summed E-state index contributed by atoms with van der Waals surface area (Å²) in [5.41, 5.74) is 2.75. The molecule has 2 aromatic carbocycles. The van der Waals surface area contributed by atoms with Crippen molar-refractivity contribution in [1.82, 2.24) is 0 Å². The Labute approximate surface area is 143 Å². The molecule has 0 unspecified atom stereocenters. The van der Waals surface area contributed by atoms with Crippen LogP contribution in [-0.2, 0) is 6.42 Å². The maximum atomic E-state index is 10.9. The molecule has 0 aliphatic heterocycles. The Kier molecular flexibility index (Phi) is 7.09. The third-order valence-corrected chi connectivity index (χ3v) is 3.79. The molecule has 0 aliphatic carbocycles. The van der Waals surface area contributed by atoms with Crippen LogP contribution in [0.1, 0.15) is 47.7 Å². The van der Waals surface area contributed by atoms with Crippen molar-refractivity contribution in [1.29, 1.82) is 0 Å². The SMILES string of the molecule is CCCCCc1ccc(/C=C/COc2cccc(C(=O)O)c2)cc1. The second kappa shape index (κ2) is 9.56. The van der Waals surface area contributed by atoms with Gasteiger partial charge in [-0.05, 0) is 48.2 Å². The molecule has 0 saturated carbocycles. The van der Waals surface area contributed by atoms with Gasteiger partial charge in [-0.15, -0.1) is 0 Å². The standard InChI is InChI=1S/C21H24O3/c1-2-3-4-7-17-11-13-18(14-12-17)8-6-15-24-20-10-5-9-19(16-20)21(22)23/h5-6,8-14,16H,2-4,7,15H2,1H3,(H,22,23)/b8-6+. The van der Waals surface area contributed by atoms with E-state index in [1.165, 1.54) is 30.9 Å². The van der Waals surface area contributed by atoms with Crippen molar-refractivity contribution in [2.75, 3.05) is 6.61 Å². The summed E-state index contributed by atoms with van der Waals surface area (Å²) in [5.74, 6) is -0.388. The fraction of sp³-hybridized carbons (Fsp3) is 0.286. The number of rotatable bonds is 9. The highest BCUT2D eigenvalue weighted by atomic mass is 16.5. The summed E-state index contributed by atoms with van der Waals surface area (Å²) < 4.78 is 5.56. The van der Waals surface area contributed by atoms with Gasteiger partial charge in [0, 0.05) is 0 Å². The van der Waals surface area contributed by atoms with Gasteiger partial charge in [0.2, 0.25) is 0 Å². The van der Waals surface area contributed by atoms with Crippen molar-refractivity contribution in [3.8, 4) is 5.75 Å². The summed E-state index contributed by atoms with van der Waals surface area (Å²) >= 11 is 0. The summed E-state index contributed by atoms with van der Waals surface area (Å²) in [6, 6.07) is 15.1. The zero-order valence-electron chi connectivity index (χ0n) is 14.1. The van der Waals surface area contributed by atoms with Crippen molar-refractivity contribution in [3.05, 3.63) is 71.3 Å². The molecule has 0 aromatic heterocycles. The molecule has 3 heteroatoms. The summed E-state index contributed by atoms with van der Waals surface area (Å²) in [6.07, 6.45) is 8.85. The first-order valence-electron chi connectivity index (χ1n) is 8.40. The van der Waals surface area contributed by atoms with Gasteiger partial charge in [-0.25, -0.2) is 4.79 Å². The van der Waals surface area contributed by atoms with E-state index in [0.717, 1.165) is 12.0 Å². The van der Waals surface area contributed by atoms with Gasteiger partial charge in [0.1, 0.15) is 12.4 Å². The minimum absolute atomic E-state index is 0.232. The molecule has 0 bridgehead atoms. The van der Waals surface area contributed by atoms with Crippen LogP contribution in [0.5, 0.6) is 5.75 Å². The lowest BCUT2D eigenvalue weighted by Crippen LogP contribution is -1.98. The van der Waals surface area contributed by atoms with Crippen LogP contribution in [0.2, 0.25) is 0 Å². The highest BCUT2D eigenvalue weighted by Crippen LogP contribution is 2.14. The second-order valence-electron chi connectivity index (χ2n) is 5.75. The molecule has 0 saturated heterocycles. The topological polar surface area (TPSA) is 46.5 Å². The van der Waals surface area contributed by atoms with Crippen LogP contribution < -0.4 is 4.74 Å². The molecule has 3 nitrogen and oxygen atoms in total. The number of carboxylic acids is 1. The third kappa shape index (κ3) is 5.92. The average molecular weight is 324 g/mol. The Hall–Kier alpha value is -2.55. The Morgan fingerprint density at radius 2 is 1.92 bits per heavy atom. The molecule has 0 aliphatic rings. The number of carboxylic acid groups (broad SMARTS) is 1. The first-order valence-corrected chi connectivity index (χ1v) is 8.40. The van der Waals surface area contributed by atoms with E-state index < -0.39 is 5.97 Å². The predicted molar refractivity (Wildman–Crippen MR) is 97.6 cm³/mol. The average Bonchev–Trinajstić information content (AvgIpc) is 2.60. The quantitative estimate of drug-likeness (QED) is 0.644. The molecule has 1 N–H and O–H groups in total. The van der Waals surface area contributed by atoms with E-state index in [1.807, 2.05) is 12.2 Å². The van der Waals surface area contributed by atoms with E-state index in [-0.39, 0.29) is 5.56 Å². The van der Waals surface area contributed by atoms with Gasteiger partial charge in [-0.3, -0.25) is 0 Å². The van der Waals surface area contributed by atoms with E-state index in [1.54, 1.807) is 18.2 Å². The van der Waals surface area contributed by atoms with Crippen molar-refractivity contribution >= 4 is 12.0 Å². The summed E-state index contributed by atoms with van der Waals surface area (Å²) in [5, 5.41) is 8.95. The highest BCUT2D eigenvalue weighted by Gasteiger charge is 2.02. The second-order valence-corrected chi connectivity index (χ2v) is 5.75. The fourth-order valence-corrected chi connectivity index (χ4v) is 2.42. The number of carbonyl (C=O) groups is 1. The van der Waals surface area contributed by atoms with E-state index in [9.17, 15) is 4.79 Å². The highest BCUT2D eigenvalue weighted by molar-refractivity contribution is 5.88. The Morgan fingerprint density at radius 1 is 1.12 bits per heavy atom. The van der Waals surface area contributed by atoms with Crippen LogP contribution in [0.3, 0.4) is 0 Å². The number of aromatic carboxylic acids is 1. The largest absolute Gasteiger partial charge is 0.490 e. The molecule has 126 valence electrons. The van der Waals surface area contributed by atoms with Gasteiger partial charge >= 0.3 is 5.97 Å². The molecule has 0 fully saturated rings. The van der Waals surface area contributed by atoms with E-state index in [2.05, 4.69) is 31.2 Å². The number of aryl methyl sites for hydroxylation is 1. The Balaban J connectivity index is 1.81. The van der Waals surface area contributed by atoms with Gasteiger partial charge in [0.05, 0.1) is 5.56 Å². The molecule has 2 rings (SSSR count). The molecule has 24 heavy (non-hydrogen) atoms. The maximum Gasteiger partial charge on any atom is 0.335 e. The van der Waals surface area contributed by atoms with E-state index >= 15 is 0 Å². The van der Waals surface area contributed by atoms with Crippen molar-refractivity contribution < 1.29 is 14.6 Å². The van der Waals surface area contributed by atoms with Crippen molar-refractivity contribution in [2.45, 2.75) is 32.6 Å². The van der Waals surface area contributed by atoms with Crippen molar-refractivity contribution in [3.63, 3.8) is 0 Å². The first-order chi connectivity index (χ1) is 11.7. The molecular weight excluding hydrogens is 300 g/mol. The molecule has 2 aromatic rings. The van der Waals surface area contributed by atoms with Crippen molar-refractivity contribution in [2.24, 2.45) is 0 Å². The van der Waals surface area contributed by atoms with Gasteiger partial charge < -0.3 is 9.84 Å². The van der Waals surface area contributed by atoms with Crippen LogP contribution in [0, 0.1) is 0 Å². The van der Waals surface area contributed by atoms with Gasteiger partial charge in [-0.2, -0.15) is 0 Å². The molecule has 0 atom stereocenters.